The monoisotopic (exact) mass is 314 g/mol. The van der Waals surface area contributed by atoms with Crippen LogP contribution >= 0.6 is 0 Å². The molecular weight excluding hydrogens is 295 g/mol. The van der Waals surface area contributed by atoms with Gasteiger partial charge in [0.2, 0.25) is 11.9 Å². The SMILES string of the molecule is Cc1c(C#N)ccc(N2C(N)=NC(N)=NC23CCCCC3)c1F. The van der Waals surface area contributed by atoms with Crippen molar-refractivity contribution in [2.75, 3.05) is 4.90 Å². The van der Waals surface area contributed by atoms with Gasteiger partial charge in [-0.25, -0.2) is 9.38 Å². The van der Waals surface area contributed by atoms with E-state index in [1.165, 1.54) is 0 Å². The van der Waals surface area contributed by atoms with Gasteiger partial charge >= 0.3 is 0 Å². The molecule has 0 amide bonds. The molecule has 1 saturated carbocycles. The zero-order valence-corrected chi connectivity index (χ0v) is 13.0. The molecule has 0 saturated heterocycles. The molecule has 1 fully saturated rings. The first-order chi connectivity index (χ1) is 11.0. The molecule has 1 spiro atoms. The van der Waals surface area contributed by atoms with Gasteiger partial charge < -0.3 is 11.5 Å². The third kappa shape index (κ3) is 2.40. The predicted molar refractivity (Wildman–Crippen MR) is 87.4 cm³/mol. The maximum absolute atomic E-state index is 14.9. The highest BCUT2D eigenvalue weighted by Crippen LogP contribution is 2.40. The summed E-state index contributed by atoms with van der Waals surface area (Å²) in [4.78, 5) is 10.2. The van der Waals surface area contributed by atoms with E-state index in [1.807, 2.05) is 6.07 Å². The number of nitrogens with zero attached hydrogens (tertiary/aromatic N) is 4. The van der Waals surface area contributed by atoms with Crippen LogP contribution in [0.15, 0.2) is 22.1 Å². The highest BCUT2D eigenvalue weighted by Gasteiger charge is 2.43. The third-order valence-corrected chi connectivity index (χ3v) is 4.58. The summed E-state index contributed by atoms with van der Waals surface area (Å²) in [6, 6.07) is 5.15. The molecule has 4 N–H and O–H groups in total. The standard InChI is InChI=1S/C16H19FN6/c1-10-11(9-18)5-6-12(13(10)17)23-15(20)21-14(19)22-16(23)7-3-2-4-8-16/h5-6H,2-4,7-8H2,1H3,(H4,19,20,21,22). The van der Waals surface area contributed by atoms with Gasteiger partial charge in [-0.15, -0.1) is 0 Å². The second-order valence-corrected chi connectivity index (χ2v) is 6.00. The lowest BCUT2D eigenvalue weighted by Gasteiger charge is -2.45. The second kappa shape index (κ2) is 5.54. The van der Waals surface area contributed by atoms with Gasteiger partial charge in [0.15, 0.2) is 5.82 Å². The van der Waals surface area contributed by atoms with E-state index in [-0.39, 0.29) is 11.9 Å². The largest absolute Gasteiger partial charge is 0.369 e. The van der Waals surface area contributed by atoms with Gasteiger partial charge in [-0.2, -0.15) is 10.3 Å². The summed E-state index contributed by atoms with van der Waals surface area (Å²) < 4.78 is 14.9. The normalized spacial score (nSPS) is 20.0. The number of aliphatic imine (C=N–C) groups is 2. The Kier molecular flexibility index (Phi) is 3.68. The van der Waals surface area contributed by atoms with E-state index in [4.69, 9.17) is 16.7 Å². The molecular formula is C16H19FN6. The minimum Gasteiger partial charge on any atom is -0.369 e. The summed E-state index contributed by atoms with van der Waals surface area (Å²) >= 11 is 0. The molecule has 23 heavy (non-hydrogen) atoms. The van der Waals surface area contributed by atoms with Gasteiger partial charge in [0.25, 0.3) is 0 Å². The van der Waals surface area contributed by atoms with Gasteiger partial charge in [0, 0.05) is 5.56 Å². The highest BCUT2D eigenvalue weighted by atomic mass is 19.1. The molecule has 1 heterocycles. The van der Waals surface area contributed by atoms with Crippen molar-refractivity contribution < 1.29 is 4.39 Å². The fourth-order valence-corrected chi connectivity index (χ4v) is 3.43. The molecule has 1 aromatic rings. The Morgan fingerprint density at radius 1 is 1.26 bits per heavy atom. The Bertz CT molecular complexity index is 740. The quantitative estimate of drug-likeness (QED) is 0.828. The Morgan fingerprint density at radius 2 is 1.96 bits per heavy atom. The van der Waals surface area contributed by atoms with Gasteiger partial charge in [0.1, 0.15) is 5.66 Å². The molecule has 1 aromatic carbocycles. The first-order valence-electron chi connectivity index (χ1n) is 7.67. The number of guanidine groups is 2. The van der Waals surface area contributed by atoms with Crippen LogP contribution in [0.5, 0.6) is 0 Å². The van der Waals surface area contributed by atoms with Gasteiger partial charge in [-0.05, 0) is 44.7 Å². The van der Waals surface area contributed by atoms with Crippen molar-refractivity contribution in [3.05, 3.63) is 29.1 Å². The molecule has 0 unspecified atom stereocenters. The number of rotatable bonds is 1. The van der Waals surface area contributed by atoms with E-state index in [0.717, 1.165) is 32.1 Å². The second-order valence-electron chi connectivity index (χ2n) is 6.00. The van der Waals surface area contributed by atoms with Crippen LogP contribution in [0.3, 0.4) is 0 Å². The molecule has 0 aromatic heterocycles. The maximum atomic E-state index is 14.9. The van der Waals surface area contributed by atoms with E-state index in [2.05, 4.69) is 9.98 Å². The number of halogens is 1. The zero-order chi connectivity index (χ0) is 16.6. The molecule has 120 valence electrons. The molecule has 0 radical (unpaired) electrons. The van der Waals surface area contributed by atoms with E-state index in [9.17, 15) is 4.39 Å². The minimum atomic E-state index is -0.685. The summed E-state index contributed by atoms with van der Waals surface area (Å²) in [7, 11) is 0. The van der Waals surface area contributed by atoms with Crippen LogP contribution in [0.2, 0.25) is 0 Å². The summed E-state index contributed by atoms with van der Waals surface area (Å²) in [6.07, 6.45) is 4.52. The van der Waals surface area contributed by atoms with Crippen molar-refractivity contribution >= 4 is 17.6 Å². The smallest absolute Gasteiger partial charge is 0.220 e. The number of nitriles is 1. The number of benzene rings is 1. The minimum absolute atomic E-state index is 0.131. The topological polar surface area (TPSA) is 104 Å². The summed E-state index contributed by atoms with van der Waals surface area (Å²) in [6.45, 7) is 1.58. The van der Waals surface area contributed by atoms with Crippen LogP contribution in [0, 0.1) is 24.1 Å². The van der Waals surface area contributed by atoms with E-state index >= 15 is 0 Å². The van der Waals surface area contributed by atoms with Crippen LogP contribution in [0.1, 0.15) is 43.2 Å². The van der Waals surface area contributed by atoms with Crippen LogP contribution in [0.25, 0.3) is 0 Å². The number of nitrogens with two attached hydrogens (primary N) is 2. The Hall–Kier alpha value is -2.62. The van der Waals surface area contributed by atoms with Crippen molar-refractivity contribution in [2.45, 2.75) is 44.7 Å². The van der Waals surface area contributed by atoms with Crippen molar-refractivity contribution in [1.82, 2.24) is 0 Å². The zero-order valence-electron chi connectivity index (χ0n) is 13.0. The van der Waals surface area contributed by atoms with Gasteiger partial charge in [-0.1, -0.05) is 6.42 Å². The lowest BCUT2D eigenvalue weighted by molar-refractivity contribution is 0.304. The van der Waals surface area contributed by atoms with Crippen LogP contribution in [0.4, 0.5) is 10.1 Å². The third-order valence-electron chi connectivity index (χ3n) is 4.58. The lowest BCUT2D eigenvalue weighted by Crippen LogP contribution is -2.58. The molecule has 0 bridgehead atoms. The van der Waals surface area contributed by atoms with E-state index in [0.29, 0.717) is 16.8 Å². The fraction of sp³-hybridized carbons (Fsp3) is 0.438. The van der Waals surface area contributed by atoms with Crippen LogP contribution in [-0.2, 0) is 0 Å². The molecule has 0 atom stereocenters. The van der Waals surface area contributed by atoms with Crippen molar-refractivity contribution in [1.29, 1.82) is 5.26 Å². The Morgan fingerprint density at radius 3 is 2.61 bits per heavy atom. The summed E-state index contributed by atoms with van der Waals surface area (Å²) in [5.74, 6) is -0.198. The average Bonchev–Trinajstić information content (AvgIpc) is 2.51. The van der Waals surface area contributed by atoms with Crippen LogP contribution in [-0.4, -0.2) is 17.6 Å². The molecule has 2 aliphatic rings. The fourth-order valence-electron chi connectivity index (χ4n) is 3.43. The predicted octanol–water partition coefficient (Wildman–Crippen LogP) is 2.12. The maximum Gasteiger partial charge on any atom is 0.220 e. The first kappa shape index (κ1) is 15.3. The van der Waals surface area contributed by atoms with Crippen molar-refractivity contribution in [3.63, 3.8) is 0 Å². The summed E-state index contributed by atoms with van der Waals surface area (Å²) in [5, 5.41) is 9.06. The number of hydrogen-bond donors (Lipinski definition) is 2. The van der Waals surface area contributed by atoms with Gasteiger partial charge in [-0.3, -0.25) is 4.90 Å². The number of hydrogen-bond acceptors (Lipinski definition) is 6. The van der Waals surface area contributed by atoms with Gasteiger partial charge in [0.05, 0.1) is 17.3 Å². The Balaban J connectivity index is 2.15. The molecule has 1 aliphatic carbocycles. The molecule has 7 heteroatoms. The molecule has 1 aliphatic heterocycles. The molecule has 6 nitrogen and oxygen atoms in total. The number of anilines is 1. The average molecular weight is 314 g/mol. The Labute approximate surface area is 134 Å². The van der Waals surface area contributed by atoms with Crippen molar-refractivity contribution in [3.8, 4) is 6.07 Å². The van der Waals surface area contributed by atoms with E-state index in [1.54, 1.807) is 24.0 Å². The lowest BCUT2D eigenvalue weighted by atomic mass is 9.87. The highest BCUT2D eigenvalue weighted by molar-refractivity contribution is 6.05. The van der Waals surface area contributed by atoms with Crippen LogP contribution < -0.4 is 16.4 Å². The van der Waals surface area contributed by atoms with E-state index < -0.39 is 11.5 Å². The van der Waals surface area contributed by atoms with Crippen molar-refractivity contribution in [2.24, 2.45) is 21.5 Å². The first-order valence-corrected chi connectivity index (χ1v) is 7.67. The summed E-state index contributed by atoms with van der Waals surface area (Å²) in [5.41, 5.74) is 12.1. The molecule has 3 rings (SSSR count).